The largest absolute Gasteiger partial charge is 0.496 e. The van der Waals surface area contributed by atoms with Crippen LogP contribution >= 0.6 is 12.2 Å². The Kier molecular flexibility index (Phi) is 7.08. The normalized spacial score (nSPS) is 15.5. The molecule has 2 aromatic carbocycles. The standard InChI is InChI=1S/C23H23F3N2O3S/c1-14(2)12-28-21(29)19(27-22(28)32)10-15-7-8-20(30-3)16(9-15)13-31-18-6-4-5-17(11-18)23(24,25)26/h4-11,14H,12-13H2,1-3H3,(H,27,32)/b19-10+. The number of carbonyl (C=O) groups excluding carboxylic acids is 1. The molecule has 170 valence electrons. The SMILES string of the molecule is COc1ccc(/C=C2/NC(=S)N(CC(C)C)C2=O)cc1COc1cccc(C(F)(F)F)c1. The molecule has 2 aromatic rings. The average molecular weight is 465 g/mol. The van der Waals surface area contributed by atoms with E-state index in [2.05, 4.69) is 5.32 Å². The van der Waals surface area contributed by atoms with Gasteiger partial charge in [0.05, 0.1) is 12.7 Å². The number of nitrogens with one attached hydrogen (secondary N) is 1. The van der Waals surface area contributed by atoms with Gasteiger partial charge in [0.1, 0.15) is 23.8 Å². The minimum absolute atomic E-state index is 0.0131. The molecule has 9 heteroatoms. The highest BCUT2D eigenvalue weighted by Gasteiger charge is 2.31. The molecule has 0 atom stereocenters. The molecule has 3 rings (SSSR count). The molecule has 0 saturated carbocycles. The van der Waals surface area contributed by atoms with Gasteiger partial charge in [0.2, 0.25) is 0 Å². The third-order valence-electron chi connectivity index (χ3n) is 4.68. The third-order valence-corrected chi connectivity index (χ3v) is 5.00. The second-order valence-electron chi connectivity index (χ2n) is 7.68. The lowest BCUT2D eigenvalue weighted by molar-refractivity contribution is -0.137. The number of ether oxygens (including phenoxy) is 2. The van der Waals surface area contributed by atoms with E-state index < -0.39 is 11.7 Å². The molecule has 0 unspecified atom stereocenters. The summed E-state index contributed by atoms with van der Waals surface area (Å²) in [5, 5.41) is 3.29. The Bertz CT molecular complexity index is 1050. The maximum absolute atomic E-state index is 12.9. The number of carbonyl (C=O) groups is 1. The van der Waals surface area contributed by atoms with Gasteiger partial charge in [-0.05, 0) is 60.1 Å². The van der Waals surface area contributed by atoms with Gasteiger partial charge in [-0.2, -0.15) is 13.2 Å². The zero-order valence-electron chi connectivity index (χ0n) is 17.8. The number of hydrogen-bond acceptors (Lipinski definition) is 4. The van der Waals surface area contributed by atoms with E-state index in [-0.39, 0.29) is 24.2 Å². The Labute approximate surface area is 189 Å². The first-order valence-corrected chi connectivity index (χ1v) is 10.3. The number of benzene rings is 2. The van der Waals surface area contributed by atoms with E-state index in [0.29, 0.717) is 34.2 Å². The molecule has 5 nitrogen and oxygen atoms in total. The topological polar surface area (TPSA) is 50.8 Å². The smallest absolute Gasteiger partial charge is 0.416 e. The zero-order chi connectivity index (χ0) is 23.5. The van der Waals surface area contributed by atoms with Crippen molar-refractivity contribution >= 4 is 29.3 Å². The van der Waals surface area contributed by atoms with E-state index in [4.69, 9.17) is 21.7 Å². The molecule has 0 bridgehead atoms. The van der Waals surface area contributed by atoms with Crippen molar-refractivity contribution in [3.05, 3.63) is 64.9 Å². The lowest BCUT2D eigenvalue weighted by Crippen LogP contribution is -2.33. The number of alkyl halides is 3. The summed E-state index contributed by atoms with van der Waals surface area (Å²) in [6, 6.07) is 9.91. The second-order valence-corrected chi connectivity index (χ2v) is 8.07. The van der Waals surface area contributed by atoms with Crippen LogP contribution in [-0.2, 0) is 17.6 Å². The number of methoxy groups -OCH3 is 1. The maximum Gasteiger partial charge on any atom is 0.416 e. The van der Waals surface area contributed by atoms with Gasteiger partial charge in [-0.1, -0.05) is 26.0 Å². The van der Waals surface area contributed by atoms with Crippen molar-refractivity contribution in [2.75, 3.05) is 13.7 Å². The van der Waals surface area contributed by atoms with Crippen molar-refractivity contribution < 1.29 is 27.4 Å². The molecule has 1 N–H and O–H groups in total. The highest BCUT2D eigenvalue weighted by molar-refractivity contribution is 7.80. The van der Waals surface area contributed by atoms with Crippen LogP contribution in [0.1, 0.15) is 30.5 Å². The molecule has 32 heavy (non-hydrogen) atoms. The number of halogens is 3. The molecular weight excluding hydrogens is 441 g/mol. The summed E-state index contributed by atoms with van der Waals surface area (Å²) in [6.07, 6.45) is -2.78. The third kappa shape index (κ3) is 5.59. The predicted octanol–water partition coefficient (Wildman–Crippen LogP) is 5.01. The van der Waals surface area contributed by atoms with Crippen molar-refractivity contribution in [2.45, 2.75) is 26.6 Å². The monoisotopic (exact) mass is 464 g/mol. The lowest BCUT2D eigenvalue weighted by atomic mass is 10.1. The highest BCUT2D eigenvalue weighted by atomic mass is 32.1. The molecular formula is C23H23F3N2O3S. The van der Waals surface area contributed by atoms with Gasteiger partial charge in [0.15, 0.2) is 5.11 Å². The van der Waals surface area contributed by atoms with Gasteiger partial charge < -0.3 is 14.8 Å². The predicted molar refractivity (Wildman–Crippen MR) is 119 cm³/mol. The fraction of sp³-hybridized carbons (Fsp3) is 0.304. The van der Waals surface area contributed by atoms with Crippen LogP contribution < -0.4 is 14.8 Å². The highest BCUT2D eigenvalue weighted by Crippen LogP contribution is 2.32. The Balaban J connectivity index is 1.80. The quantitative estimate of drug-likeness (QED) is 0.461. The Morgan fingerprint density at radius 1 is 1.19 bits per heavy atom. The molecule has 0 radical (unpaired) electrons. The van der Waals surface area contributed by atoms with Crippen LogP contribution in [0.5, 0.6) is 11.5 Å². The van der Waals surface area contributed by atoms with Crippen LogP contribution in [-0.4, -0.2) is 29.6 Å². The van der Waals surface area contributed by atoms with E-state index in [1.165, 1.54) is 24.1 Å². The molecule has 0 aliphatic carbocycles. The maximum atomic E-state index is 12.9. The molecule has 1 fully saturated rings. The number of amides is 1. The summed E-state index contributed by atoms with van der Waals surface area (Å²) >= 11 is 5.26. The van der Waals surface area contributed by atoms with Gasteiger partial charge in [-0.3, -0.25) is 9.69 Å². The molecule has 1 aliphatic rings. The van der Waals surface area contributed by atoms with Crippen LogP contribution in [0, 0.1) is 5.92 Å². The van der Waals surface area contributed by atoms with Crippen molar-refractivity contribution in [1.82, 2.24) is 10.2 Å². The number of rotatable bonds is 7. The summed E-state index contributed by atoms with van der Waals surface area (Å²) in [5.74, 6) is 0.662. The molecule has 1 heterocycles. The van der Waals surface area contributed by atoms with Gasteiger partial charge in [0.25, 0.3) is 5.91 Å². The minimum Gasteiger partial charge on any atom is -0.496 e. The van der Waals surface area contributed by atoms with E-state index in [1.54, 1.807) is 24.3 Å². The Hall–Kier alpha value is -3.07. The summed E-state index contributed by atoms with van der Waals surface area (Å²) in [7, 11) is 1.49. The Morgan fingerprint density at radius 3 is 2.59 bits per heavy atom. The van der Waals surface area contributed by atoms with Gasteiger partial charge in [-0.15, -0.1) is 0 Å². The van der Waals surface area contributed by atoms with Crippen LogP contribution in [0.3, 0.4) is 0 Å². The fourth-order valence-electron chi connectivity index (χ4n) is 3.19. The first-order chi connectivity index (χ1) is 15.1. The van der Waals surface area contributed by atoms with Crippen molar-refractivity contribution in [3.63, 3.8) is 0 Å². The van der Waals surface area contributed by atoms with Crippen molar-refractivity contribution in [1.29, 1.82) is 0 Å². The zero-order valence-corrected chi connectivity index (χ0v) is 18.6. The van der Waals surface area contributed by atoms with Crippen molar-refractivity contribution in [3.8, 4) is 11.5 Å². The summed E-state index contributed by atoms with van der Waals surface area (Å²) in [5.41, 5.74) is 0.878. The summed E-state index contributed by atoms with van der Waals surface area (Å²) in [6.45, 7) is 4.50. The molecule has 1 aliphatic heterocycles. The molecule has 0 aromatic heterocycles. The second kappa shape index (κ2) is 9.60. The molecule has 0 spiro atoms. The first-order valence-electron chi connectivity index (χ1n) is 9.90. The van der Waals surface area contributed by atoms with Crippen LogP contribution in [0.2, 0.25) is 0 Å². The van der Waals surface area contributed by atoms with Gasteiger partial charge >= 0.3 is 6.18 Å². The van der Waals surface area contributed by atoms with Crippen molar-refractivity contribution in [2.24, 2.45) is 5.92 Å². The van der Waals surface area contributed by atoms with E-state index >= 15 is 0 Å². The van der Waals surface area contributed by atoms with Gasteiger partial charge in [-0.25, -0.2) is 0 Å². The lowest BCUT2D eigenvalue weighted by Gasteiger charge is -2.16. The van der Waals surface area contributed by atoms with Crippen LogP contribution in [0.4, 0.5) is 13.2 Å². The average Bonchev–Trinajstić information content (AvgIpc) is 2.99. The first kappa shape index (κ1) is 23.6. The van der Waals surface area contributed by atoms with Crippen LogP contribution in [0.25, 0.3) is 6.08 Å². The molecule has 1 saturated heterocycles. The number of hydrogen-bond donors (Lipinski definition) is 1. The summed E-state index contributed by atoms with van der Waals surface area (Å²) < 4.78 is 49.7. The Morgan fingerprint density at radius 2 is 1.94 bits per heavy atom. The van der Waals surface area contributed by atoms with Crippen LogP contribution in [0.15, 0.2) is 48.2 Å². The fourth-order valence-corrected chi connectivity index (χ4v) is 3.46. The van der Waals surface area contributed by atoms with E-state index in [0.717, 1.165) is 12.1 Å². The van der Waals surface area contributed by atoms with E-state index in [1.807, 2.05) is 13.8 Å². The summed E-state index contributed by atoms with van der Waals surface area (Å²) in [4.78, 5) is 14.2. The molecule has 1 amide bonds. The number of nitrogens with zero attached hydrogens (tertiary/aromatic N) is 1. The number of thiocarbonyl (C=S) groups is 1. The van der Waals surface area contributed by atoms with Gasteiger partial charge in [0, 0.05) is 12.1 Å². The van der Waals surface area contributed by atoms with E-state index in [9.17, 15) is 18.0 Å². The minimum atomic E-state index is -4.45.